The van der Waals surface area contributed by atoms with Crippen LogP contribution in [0.2, 0.25) is 0 Å². The molecule has 0 radical (unpaired) electrons. The molecule has 0 atom stereocenters. The normalized spacial score (nSPS) is 14.8. The number of carbonyl (C=O) groups excluding carboxylic acids is 1. The van der Waals surface area contributed by atoms with Gasteiger partial charge < -0.3 is 14.8 Å². The Morgan fingerprint density at radius 2 is 1.82 bits per heavy atom. The highest BCUT2D eigenvalue weighted by atomic mass is 32.2. The lowest BCUT2D eigenvalue weighted by Gasteiger charge is -2.13. The zero-order chi connectivity index (χ0) is 20.1. The first-order valence-corrected chi connectivity index (χ1v) is 11.3. The van der Waals surface area contributed by atoms with Crippen LogP contribution in [0.15, 0.2) is 34.5 Å². The highest BCUT2D eigenvalue weighted by Gasteiger charge is 2.28. The van der Waals surface area contributed by atoms with E-state index in [2.05, 4.69) is 5.32 Å². The largest absolute Gasteiger partial charge is 0.493 e. The van der Waals surface area contributed by atoms with Crippen LogP contribution in [-0.2, 0) is 27.8 Å². The fraction of sp³-hybridized carbons (Fsp3) is 0.421. The molecule has 1 N–H and O–H groups in total. The van der Waals surface area contributed by atoms with E-state index in [4.69, 9.17) is 9.47 Å². The summed E-state index contributed by atoms with van der Waals surface area (Å²) in [7, 11) is -0.301. The molecule has 1 fully saturated rings. The molecule has 1 aromatic heterocycles. The molecule has 0 spiro atoms. The van der Waals surface area contributed by atoms with E-state index < -0.39 is 10.0 Å². The molecule has 1 saturated heterocycles. The summed E-state index contributed by atoms with van der Waals surface area (Å²) in [6.07, 6.45) is 1.94. The average molecular weight is 425 g/mol. The Balaban J connectivity index is 1.58. The van der Waals surface area contributed by atoms with Crippen molar-refractivity contribution in [1.29, 1.82) is 0 Å². The quantitative estimate of drug-likeness (QED) is 0.703. The molecule has 1 amide bonds. The fourth-order valence-electron chi connectivity index (χ4n) is 3.06. The van der Waals surface area contributed by atoms with Gasteiger partial charge in [0.1, 0.15) is 4.21 Å². The number of nitrogens with one attached hydrogen (secondary N) is 1. The molecule has 2 heterocycles. The Kier molecular flexibility index (Phi) is 6.58. The van der Waals surface area contributed by atoms with E-state index >= 15 is 0 Å². The predicted octanol–water partition coefficient (Wildman–Crippen LogP) is 2.41. The van der Waals surface area contributed by atoms with E-state index in [0.29, 0.717) is 35.3 Å². The SMILES string of the molecule is COc1ccc(CNC(=O)Cc2ccc(S(=O)(=O)N3CCCC3)s2)cc1OC. The third-order valence-electron chi connectivity index (χ3n) is 4.57. The van der Waals surface area contributed by atoms with Crippen LogP contribution in [0.25, 0.3) is 0 Å². The number of nitrogens with zero attached hydrogens (tertiary/aromatic N) is 1. The summed E-state index contributed by atoms with van der Waals surface area (Å²) in [5.41, 5.74) is 0.884. The number of hydrogen-bond donors (Lipinski definition) is 1. The number of ether oxygens (including phenoxy) is 2. The van der Waals surface area contributed by atoms with Crippen molar-refractivity contribution in [2.45, 2.75) is 30.0 Å². The van der Waals surface area contributed by atoms with Crippen molar-refractivity contribution in [2.75, 3.05) is 27.3 Å². The minimum atomic E-state index is -3.43. The van der Waals surface area contributed by atoms with Crippen molar-refractivity contribution < 1.29 is 22.7 Å². The van der Waals surface area contributed by atoms with Gasteiger partial charge in [0.25, 0.3) is 10.0 Å². The van der Waals surface area contributed by atoms with E-state index in [9.17, 15) is 13.2 Å². The lowest BCUT2D eigenvalue weighted by Crippen LogP contribution is -2.27. The average Bonchev–Trinajstić information content (AvgIpc) is 3.38. The molecule has 0 aliphatic carbocycles. The third kappa shape index (κ3) is 4.65. The molecule has 9 heteroatoms. The van der Waals surface area contributed by atoms with Gasteiger partial charge in [-0.2, -0.15) is 4.31 Å². The molecular formula is C19H24N2O5S2. The maximum Gasteiger partial charge on any atom is 0.252 e. The highest BCUT2D eigenvalue weighted by molar-refractivity contribution is 7.91. The monoisotopic (exact) mass is 424 g/mol. The number of benzene rings is 1. The van der Waals surface area contributed by atoms with Crippen LogP contribution in [0.4, 0.5) is 0 Å². The number of carbonyl (C=O) groups is 1. The van der Waals surface area contributed by atoms with Crippen molar-refractivity contribution in [3.8, 4) is 11.5 Å². The number of thiophene rings is 1. The molecule has 1 aliphatic heterocycles. The molecule has 3 rings (SSSR count). The molecule has 0 unspecified atom stereocenters. The van der Waals surface area contributed by atoms with E-state index in [1.807, 2.05) is 12.1 Å². The van der Waals surface area contributed by atoms with Gasteiger partial charge in [-0.05, 0) is 42.7 Å². The van der Waals surface area contributed by atoms with E-state index in [1.165, 1.54) is 4.31 Å². The lowest BCUT2D eigenvalue weighted by atomic mass is 10.2. The summed E-state index contributed by atoms with van der Waals surface area (Å²) in [5.74, 6) is 1.06. The van der Waals surface area contributed by atoms with Crippen molar-refractivity contribution in [3.05, 3.63) is 40.8 Å². The van der Waals surface area contributed by atoms with Crippen LogP contribution in [0, 0.1) is 0 Å². The van der Waals surface area contributed by atoms with Gasteiger partial charge in [-0.3, -0.25) is 4.79 Å². The Hall–Kier alpha value is -2.10. The third-order valence-corrected chi connectivity index (χ3v) is 8.02. The first kappa shape index (κ1) is 20.6. The first-order valence-electron chi connectivity index (χ1n) is 9.00. The highest BCUT2D eigenvalue weighted by Crippen LogP contribution is 2.28. The molecule has 7 nitrogen and oxygen atoms in total. The van der Waals surface area contributed by atoms with Gasteiger partial charge in [-0.25, -0.2) is 8.42 Å². The smallest absolute Gasteiger partial charge is 0.252 e. The first-order chi connectivity index (χ1) is 13.4. The van der Waals surface area contributed by atoms with Crippen LogP contribution in [0.3, 0.4) is 0 Å². The standard InChI is InChI=1S/C19H24N2O5S2/c1-25-16-7-5-14(11-17(16)26-2)13-20-18(22)12-15-6-8-19(27-15)28(23,24)21-9-3-4-10-21/h5-8,11H,3-4,9-10,12-13H2,1-2H3,(H,20,22). The second kappa shape index (κ2) is 8.93. The van der Waals surface area contributed by atoms with Gasteiger partial charge in [0.15, 0.2) is 11.5 Å². The Morgan fingerprint density at radius 3 is 2.50 bits per heavy atom. The molecule has 0 saturated carbocycles. The molecular weight excluding hydrogens is 400 g/mol. The van der Waals surface area contributed by atoms with E-state index in [0.717, 1.165) is 34.6 Å². The second-order valence-electron chi connectivity index (χ2n) is 6.47. The van der Waals surface area contributed by atoms with Crippen LogP contribution in [0.1, 0.15) is 23.3 Å². The molecule has 1 aliphatic rings. The van der Waals surface area contributed by atoms with E-state index in [-0.39, 0.29) is 12.3 Å². The molecule has 0 bridgehead atoms. The van der Waals surface area contributed by atoms with Gasteiger partial charge in [0.05, 0.1) is 20.6 Å². The fourth-order valence-corrected chi connectivity index (χ4v) is 6.09. The maximum absolute atomic E-state index is 12.6. The summed E-state index contributed by atoms with van der Waals surface area (Å²) in [6, 6.07) is 8.76. The molecule has 152 valence electrons. The minimum Gasteiger partial charge on any atom is -0.493 e. The number of methoxy groups -OCH3 is 2. The van der Waals surface area contributed by atoms with Crippen molar-refractivity contribution in [1.82, 2.24) is 9.62 Å². The maximum atomic E-state index is 12.6. The number of rotatable bonds is 8. The number of amides is 1. The summed E-state index contributed by atoms with van der Waals surface area (Å²) in [5, 5.41) is 2.85. The van der Waals surface area contributed by atoms with Crippen molar-refractivity contribution in [3.63, 3.8) is 0 Å². The topological polar surface area (TPSA) is 84.9 Å². The Labute approximate surface area is 169 Å². The Morgan fingerprint density at radius 1 is 1.11 bits per heavy atom. The molecule has 1 aromatic carbocycles. The Bertz CT molecular complexity index is 934. The van der Waals surface area contributed by atoms with Gasteiger partial charge in [0, 0.05) is 24.5 Å². The van der Waals surface area contributed by atoms with Gasteiger partial charge >= 0.3 is 0 Å². The zero-order valence-corrected chi connectivity index (χ0v) is 17.6. The van der Waals surface area contributed by atoms with Gasteiger partial charge in [-0.15, -0.1) is 11.3 Å². The predicted molar refractivity (Wildman–Crippen MR) is 107 cm³/mol. The van der Waals surface area contributed by atoms with Crippen LogP contribution >= 0.6 is 11.3 Å². The lowest BCUT2D eigenvalue weighted by molar-refractivity contribution is -0.120. The number of hydrogen-bond acceptors (Lipinski definition) is 6. The van der Waals surface area contributed by atoms with Gasteiger partial charge in [-0.1, -0.05) is 6.07 Å². The minimum absolute atomic E-state index is 0.146. The number of sulfonamides is 1. The summed E-state index contributed by atoms with van der Waals surface area (Å²) >= 11 is 1.16. The van der Waals surface area contributed by atoms with Crippen LogP contribution in [0.5, 0.6) is 11.5 Å². The second-order valence-corrected chi connectivity index (χ2v) is 9.81. The van der Waals surface area contributed by atoms with Crippen LogP contribution < -0.4 is 14.8 Å². The van der Waals surface area contributed by atoms with E-state index in [1.54, 1.807) is 32.4 Å². The van der Waals surface area contributed by atoms with Crippen molar-refractivity contribution in [2.24, 2.45) is 0 Å². The molecule has 2 aromatic rings. The zero-order valence-electron chi connectivity index (χ0n) is 15.9. The summed E-state index contributed by atoms with van der Waals surface area (Å²) in [6.45, 7) is 1.49. The van der Waals surface area contributed by atoms with Crippen LogP contribution in [-0.4, -0.2) is 45.9 Å². The van der Waals surface area contributed by atoms with Crippen molar-refractivity contribution >= 4 is 27.3 Å². The van der Waals surface area contributed by atoms with Gasteiger partial charge in [0.2, 0.25) is 5.91 Å². The summed E-state index contributed by atoms with van der Waals surface area (Å²) in [4.78, 5) is 13.0. The summed E-state index contributed by atoms with van der Waals surface area (Å²) < 4.78 is 37.4. The molecule has 28 heavy (non-hydrogen) atoms.